The molecular formula is C16H19NO3. The molecule has 1 heterocycles. The van der Waals surface area contributed by atoms with Crippen LogP contribution in [-0.4, -0.2) is 24.3 Å². The van der Waals surface area contributed by atoms with E-state index in [1.165, 1.54) is 0 Å². The van der Waals surface area contributed by atoms with Crippen LogP contribution in [0.4, 0.5) is 0 Å². The van der Waals surface area contributed by atoms with Crippen molar-refractivity contribution in [3.8, 4) is 22.6 Å². The predicted octanol–water partition coefficient (Wildman–Crippen LogP) is 2.99. The topological polar surface area (TPSA) is 51.6 Å². The van der Waals surface area contributed by atoms with Gasteiger partial charge in [-0.3, -0.25) is 4.98 Å². The summed E-state index contributed by atoms with van der Waals surface area (Å²) in [5.74, 6) is 1.48. The summed E-state index contributed by atoms with van der Waals surface area (Å²) >= 11 is 0. The Morgan fingerprint density at radius 2 is 1.80 bits per heavy atom. The molecule has 20 heavy (non-hydrogen) atoms. The maximum atomic E-state index is 10.1. The molecule has 0 fully saturated rings. The average Bonchev–Trinajstić information content (AvgIpc) is 2.45. The molecule has 4 heteroatoms. The average molecular weight is 273 g/mol. The molecule has 0 aliphatic heterocycles. The summed E-state index contributed by atoms with van der Waals surface area (Å²) in [5, 5.41) is 10.1. The van der Waals surface area contributed by atoms with Crippen molar-refractivity contribution in [1.82, 2.24) is 4.98 Å². The third kappa shape index (κ3) is 2.91. The van der Waals surface area contributed by atoms with Gasteiger partial charge in [0, 0.05) is 29.1 Å². The van der Waals surface area contributed by atoms with E-state index >= 15 is 0 Å². The normalized spacial score (nSPS) is 11.2. The van der Waals surface area contributed by atoms with Gasteiger partial charge in [-0.05, 0) is 38.1 Å². The Morgan fingerprint density at radius 3 is 2.40 bits per heavy atom. The van der Waals surface area contributed by atoms with Gasteiger partial charge in [-0.1, -0.05) is 0 Å². The van der Waals surface area contributed by atoms with Gasteiger partial charge in [-0.15, -0.1) is 0 Å². The Bertz CT molecular complexity index is 603. The van der Waals surface area contributed by atoms with Crippen LogP contribution >= 0.6 is 0 Å². The van der Waals surface area contributed by atoms with E-state index in [1.807, 2.05) is 24.3 Å². The van der Waals surface area contributed by atoms with Gasteiger partial charge in [0.1, 0.15) is 11.5 Å². The molecule has 0 saturated heterocycles. The molecule has 1 N–H and O–H groups in total. The third-order valence-corrected chi connectivity index (χ3v) is 3.16. The van der Waals surface area contributed by atoms with Crippen LogP contribution in [0.5, 0.6) is 11.5 Å². The smallest absolute Gasteiger partial charge is 0.127 e. The van der Waals surface area contributed by atoms with E-state index in [2.05, 4.69) is 4.98 Å². The molecular weight excluding hydrogens is 254 g/mol. The minimum absolute atomic E-state index is 0.737. The predicted molar refractivity (Wildman–Crippen MR) is 78.0 cm³/mol. The second kappa shape index (κ2) is 5.51. The molecule has 4 nitrogen and oxygen atoms in total. The molecule has 0 aliphatic carbocycles. The Hall–Kier alpha value is -2.07. The lowest BCUT2D eigenvalue weighted by Gasteiger charge is -2.18. The van der Waals surface area contributed by atoms with Crippen LogP contribution in [0.25, 0.3) is 11.1 Å². The van der Waals surface area contributed by atoms with E-state index in [-0.39, 0.29) is 0 Å². The number of nitrogens with zero attached hydrogens (tertiary/aromatic N) is 1. The molecule has 0 bridgehead atoms. The van der Waals surface area contributed by atoms with Crippen molar-refractivity contribution in [1.29, 1.82) is 0 Å². The van der Waals surface area contributed by atoms with E-state index in [9.17, 15) is 5.11 Å². The maximum Gasteiger partial charge on any atom is 0.127 e. The van der Waals surface area contributed by atoms with Gasteiger partial charge in [0.05, 0.1) is 19.8 Å². The monoisotopic (exact) mass is 273 g/mol. The SMILES string of the molecule is COc1ccc(OC)c(-c2cncc(C(C)(C)O)c2)c1. The molecule has 0 amide bonds. The number of pyridine rings is 1. The summed E-state index contributed by atoms with van der Waals surface area (Å²) in [5.41, 5.74) is 1.57. The highest BCUT2D eigenvalue weighted by atomic mass is 16.5. The summed E-state index contributed by atoms with van der Waals surface area (Å²) < 4.78 is 10.6. The van der Waals surface area contributed by atoms with E-state index in [1.54, 1.807) is 40.5 Å². The first-order valence-electron chi connectivity index (χ1n) is 6.36. The van der Waals surface area contributed by atoms with Crippen molar-refractivity contribution in [2.45, 2.75) is 19.4 Å². The summed E-state index contributed by atoms with van der Waals surface area (Å²) in [6.45, 7) is 3.47. The van der Waals surface area contributed by atoms with Gasteiger partial charge in [0.15, 0.2) is 0 Å². The number of hydrogen-bond donors (Lipinski definition) is 1. The number of methoxy groups -OCH3 is 2. The fraction of sp³-hybridized carbons (Fsp3) is 0.312. The maximum absolute atomic E-state index is 10.1. The second-order valence-corrected chi connectivity index (χ2v) is 5.09. The number of hydrogen-bond acceptors (Lipinski definition) is 4. The minimum Gasteiger partial charge on any atom is -0.497 e. The Labute approximate surface area is 119 Å². The first kappa shape index (κ1) is 14.3. The molecule has 0 unspecified atom stereocenters. The zero-order chi connectivity index (χ0) is 14.8. The van der Waals surface area contributed by atoms with Gasteiger partial charge >= 0.3 is 0 Å². The molecule has 0 aliphatic rings. The lowest BCUT2D eigenvalue weighted by molar-refractivity contribution is 0.0783. The summed E-state index contributed by atoms with van der Waals surface area (Å²) in [7, 11) is 3.25. The lowest BCUT2D eigenvalue weighted by atomic mass is 9.96. The molecule has 106 valence electrons. The summed E-state index contributed by atoms with van der Waals surface area (Å²) in [6.07, 6.45) is 3.41. The molecule has 1 aromatic heterocycles. The Kier molecular flexibility index (Phi) is 3.95. The summed E-state index contributed by atoms with van der Waals surface area (Å²) in [6, 6.07) is 7.49. The molecule has 2 rings (SSSR count). The fourth-order valence-corrected chi connectivity index (χ4v) is 1.96. The standard InChI is InChI=1S/C16H19NO3/c1-16(2,18)12-7-11(9-17-10-12)14-8-13(19-3)5-6-15(14)20-4/h5-10,18H,1-4H3. The highest BCUT2D eigenvalue weighted by Gasteiger charge is 2.18. The quantitative estimate of drug-likeness (QED) is 0.930. The van der Waals surface area contributed by atoms with Crippen LogP contribution in [0.15, 0.2) is 36.7 Å². The zero-order valence-electron chi connectivity index (χ0n) is 12.2. The van der Waals surface area contributed by atoms with Crippen molar-refractivity contribution < 1.29 is 14.6 Å². The zero-order valence-corrected chi connectivity index (χ0v) is 12.2. The van der Waals surface area contributed by atoms with Crippen molar-refractivity contribution in [3.05, 3.63) is 42.2 Å². The highest BCUT2D eigenvalue weighted by Crippen LogP contribution is 2.34. The van der Waals surface area contributed by atoms with Gasteiger partial charge in [0.2, 0.25) is 0 Å². The Morgan fingerprint density at radius 1 is 1.05 bits per heavy atom. The molecule has 0 spiro atoms. The number of rotatable bonds is 4. The van der Waals surface area contributed by atoms with Gasteiger partial charge in [-0.2, -0.15) is 0 Å². The van der Waals surface area contributed by atoms with Crippen LogP contribution in [0.2, 0.25) is 0 Å². The van der Waals surface area contributed by atoms with Crippen LogP contribution in [0.3, 0.4) is 0 Å². The van der Waals surface area contributed by atoms with Gasteiger partial charge in [0.25, 0.3) is 0 Å². The Balaban J connectivity index is 2.55. The van der Waals surface area contributed by atoms with E-state index in [0.717, 1.165) is 28.2 Å². The largest absolute Gasteiger partial charge is 0.497 e. The third-order valence-electron chi connectivity index (χ3n) is 3.16. The van der Waals surface area contributed by atoms with Crippen molar-refractivity contribution >= 4 is 0 Å². The van der Waals surface area contributed by atoms with Crippen LogP contribution in [-0.2, 0) is 5.60 Å². The molecule has 1 aromatic carbocycles. The van der Waals surface area contributed by atoms with Crippen LogP contribution in [0, 0.1) is 0 Å². The number of aromatic nitrogens is 1. The van der Waals surface area contributed by atoms with Crippen LogP contribution in [0.1, 0.15) is 19.4 Å². The molecule has 0 saturated carbocycles. The highest BCUT2D eigenvalue weighted by molar-refractivity contribution is 5.72. The van der Waals surface area contributed by atoms with E-state index < -0.39 is 5.60 Å². The molecule has 2 aromatic rings. The first-order chi connectivity index (χ1) is 9.45. The van der Waals surface area contributed by atoms with Gasteiger partial charge < -0.3 is 14.6 Å². The fourth-order valence-electron chi connectivity index (χ4n) is 1.96. The van der Waals surface area contributed by atoms with E-state index in [4.69, 9.17) is 9.47 Å². The number of ether oxygens (including phenoxy) is 2. The van der Waals surface area contributed by atoms with Crippen molar-refractivity contribution in [2.75, 3.05) is 14.2 Å². The number of aliphatic hydroxyl groups is 1. The van der Waals surface area contributed by atoms with Gasteiger partial charge in [-0.25, -0.2) is 0 Å². The lowest BCUT2D eigenvalue weighted by Crippen LogP contribution is -2.15. The second-order valence-electron chi connectivity index (χ2n) is 5.09. The molecule has 0 atom stereocenters. The van der Waals surface area contributed by atoms with Crippen molar-refractivity contribution in [2.24, 2.45) is 0 Å². The first-order valence-corrected chi connectivity index (χ1v) is 6.36. The van der Waals surface area contributed by atoms with Crippen LogP contribution < -0.4 is 9.47 Å². The van der Waals surface area contributed by atoms with E-state index in [0.29, 0.717) is 0 Å². The minimum atomic E-state index is -0.935. The number of benzene rings is 1. The summed E-state index contributed by atoms with van der Waals surface area (Å²) in [4.78, 5) is 4.20. The van der Waals surface area contributed by atoms with Crippen molar-refractivity contribution in [3.63, 3.8) is 0 Å². The molecule has 0 radical (unpaired) electrons.